The lowest BCUT2D eigenvalue weighted by atomic mass is 9.88. The van der Waals surface area contributed by atoms with Gasteiger partial charge in [0.25, 0.3) is 0 Å². The number of ether oxygens (including phenoxy) is 1. The average Bonchev–Trinajstić information content (AvgIpc) is 3.73. The maximum Gasteiger partial charge on any atom is 0.335 e. The van der Waals surface area contributed by atoms with Crippen molar-refractivity contribution in [3.8, 4) is 5.75 Å². The van der Waals surface area contributed by atoms with Gasteiger partial charge in [-0.3, -0.25) is 4.90 Å². The van der Waals surface area contributed by atoms with E-state index in [2.05, 4.69) is 37.8 Å². The first kappa shape index (κ1) is 30.2. The van der Waals surface area contributed by atoms with E-state index < -0.39 is 5.97 Å². The largest absolute Gasteiger partial charge is 0.482 e. The van der Waals surface area contributed by atoms with E-state index in [4.69, 9.17) is 37.3 Å². The molecular formula is C32H34Cl2N6O4. The van der Waals surface area contributed by atoms with Gasteiger partial charge in [0.15, 0.2) is 6.61 Å². The number of benzene rings is 2. The molecule has 0 bridgehead atoms. The molecule has 1 saturated heterocycles. The first-order valence-electron chi connectivity index (χ1n) is 14.7. The lowest BCUT2D eigenvalue weighted by Gasteiger charge is -2.37. The van der Waals surface area contributed by atoms with Gasteiger partial charge >= 0.3 is 5.97 Å². The van der Waals surface area contributed by atoms with Crippen molar-refractivity contribution in [2.24, 2.45) is 5.92 Å². The third-order valence-corrected chi connectivity index (χ3v) is 8.87. The summed E-state index contributed by atoms with van der Waals surface area (Å²) in [5, 5.41) is 10.6. The lowest BCUT2D eigenvalue weighted by molar-refractivity contribution is 0.0697. The third kappa shape index (κ3) is 6.62. The van der Waals surface area contributed by atoms with Crippen molar-refractivity contribution in [1.82, 2.24) is 29.0 Å². The van der Waals surface area contributed by atoms with E-state index in [-0.39, 0.29) is 12.2 Å². The number of likely N-dealkylation sites (tertiary alicyclic amines) is 1. The molecule has 0 saturated carbocycles. The standard InChI is InChI=1S/C32H34Cl2N6O4/c1-3-38-19-35-14-24(38)16-40-28-12-22(32(41)42)4-6-27(28)37-30(40)17-39-9-8-21(10-20(39)2)11-25-15-36-31(44-25)18-43-29-7-5-23(33)13-26(29)34/h4-7,12-15,19-21H,3,8-11,16-18H2,1-2H3,(H,41,42)/t20-,21+/m0/s1. The molecule has 12 heteroatoms. The number of fused-ring (bicyclic) bond motifs is 1. The Morgan fingerprint density at radius 1 is 1.16 bits per heavy atom. The van der Waals surface area contributed by atoms with E-state index >= 15 is 0 Å². The fourth-order valence-corrected chi connectivity index (χ4v) is 6.44. The van der Waals surface area contributed by atoms with Crippen molar-refractivity contribution in [1.29, 1.82) is 0 Å². The molecule has 4 heterocycles. The number of carboxylic acids is 1. The van der Waals surface area contributed by atoms with Gasteiger partial charge in [-0.15, -0.1) is 0 Å². The number of piperidine rings is 1. The zero-order valence-electron chi connectivity index (χ0n) is 24.6. The topological polar surface area (TPSA) is 111 Å². The van der Waals surface area contributed by atoms with Gasteiger partial charge in [-0.25, -0.2) is 19.7 Å². The van der Waals surface area contributed by atoms with Crippen molar-refractivity contribution < 1.29 is 19.1 Å². The van der Waals surface area contributed by atoms with Gasteiger partial charge in [0.2, 0.25) is 5.89 Å². The quantitative estimate of drug-likeness (QED) is 0.170. The van der Waals surface area contributed by atoms with E-state index in [1.165, 1.54) is 0 Å². The number of nitrogens with zero attached hydrogens (tertiary/aromatic N) is 6. The van der Waals surface area contributed by atoms with Crippen molar-refractivity contribution >= 4 is 40.2 Å². The molecule has 0 spiro atoms. The fourth-order valence-electron chi connectivity index (χ4n) is 5.97. The van der Waals surface area contributed by atoms with Crippen LogP contribution in [-0.2, 0) is 32.7 Å². The molecule has 1 fully saturated rings. The van der Waals surface area contributed by atoms with Gasteiger partial charge < -0.3 is 23.4 Å². The van der Waals surface area contributed by atoms with Crippen molar-refractivity contribution in [3.05, 3.63) is 93.9 Å². The van der Waals surface area contributed by atoms with Crippen LogP contribution in [-0.4, -0.2) is 52.6 Å². The Bertz CT molecular complexity index is 1780. The molecule has 2 atom stereocenters. The molecule has 5 aromatic rings. The number of oxazole rings is 1. The van der Waals surface area contributed by atoms with Crippen LogP contribution in [0.15, 0.2) is 59.5 Å². The van der Waals surface area contributed by atoms with Crippen LogP contribution in [0.25, 0.3) is 11.0 Å². The highest BCUT2D eigenvalue weighted by atomic mass is 35.5. The summed E-state index contributed by atoms with van der Waals surface area (Å²) >= 11 is 12.2. The normalized spacial score (nSPS) is 17.4. The summed E-state index contributed by atoms with van der Waals surface area (Å²) in [4.78, 5) is 27.9. The predicted molar refractivity (Wildman–Crippen MR) is 167 cm³/mol. The molecule has 10 nitrogen and oxygen atoms in total. The predicted octanol–water partition coefficient (Wildman–Crippen LogP) is 6.72. The Morgan fingerprint density at radius 2 is 2.02 bits per heavy atom. The molecule has 6 rings (SSSR count). The first-order chi connectivity index (χ1) is 21.3. The smallest absolute Gasteiger partial charge is 0.335 e. The summed E-state index contributed by atoms with van der Waals surface area (Å²) in [6.07, 6.45) is 8.31. The Hall–Kier alpha value is -3.86. The minimum Gasteiger partial charge on any atom is -0.482 e. The van der Waals surface area contributed by atoms with E-state index in [1.54, 1.807) is 42.6 Å². The Labute approximate surface area is 265 Å². The van der Waals surface area contributed by atoms with E-state index in [0.717, 1.165) is 60.7 Å². The first-order valence-corrected chi connectivity index (χ1v) is 15.5. The Morgan fingerprint density at radius 3 is 2.80 bits per heavy atom. The second-order valence-corrected chi connectivity index (χ2v) is 12.1. The van der Waals surface area contributed by atoms with Crippen LogP contribution in [0.2, 0.25) is 10.0 Å². The van der Waals surface area contributed by atoms with Gasteiger partial charge in [0.1, 0.15) is 17.3 Å². The highest BCUT2D eigenvalue weighted by molar-refractivity contribution is 6.35. The number of aryl methyl sites for hydroxylation is 1. The fraction of sp³-hybridized carbons (Fsp3) is 0.375. The monoisotopic (exact) mass is 636 g/mol. The van der Waals surface area contributed by atoms with Gasteiger partial charge in [0.05, 0.1) is 52.9 Å². The SMILES string of the molecule is CCn1cncc1Cn1c(CN2CC[C@@H](Cc3cnc(COc4ccc(Cl)cc4Cl)o3)C[C@@H]2C)nc2ccc(C(=O)O)cc21. The van der Waals surface area contributed by atoms with Crippen LogP contribution in [0.5, 0.6) is 5.75 Å². The van der Waals surface area contributed by atoms with E-state index in [1.807, 2.05) is 12.5 Å². The number of hydrogen-bond acceptors (Lipinski definition) is 7. The number of imidazole rings is 2. The number of carboxylic acid groups (broad SMARTS) is 1. The Balaban J connectivity index is 1.11. The van der Waals surface area contributed by atoms with Crippen LogP contribution >= 0.6 is 23.2 Å². The van der Waals surface area contributed by atoms with Gasteiger partial charge in [0, 0.05) is 30.2 Å². The summed E-state index contributed by atoms with van der Waals surface area (Å²) < 4.78 is 16.0. The minimum absolute atomic E-state index is 0.185. The zero-order valence-corrected chi connectivity index (χ0v) is 26.1. The maximum atomic E-state index is 11.7. The van der Waals surface area contributed by atoms with Crippen molar-refractivity contribution in [2.45, 2.75) is 65.4 Å². The molecule has 230 valence electrons. The van der Waals surface area contributed by atoms with Crippen molar-refractivity contribution in [2.75, 3.05) is 6.54 Å². The molecule has 3 aromatic heterocycles. The number of aromatic nitrogens is 5. The highest BCUT2D eigenvalue weighted by Crippen LogP contribution is 2.30. The zero-order chi connectivity index (χ0) is 30.8. The molecule has 2 aromatic carbocycles. The molecule has 1 N–H and O–H groups in total. The van der Waals surface area contributed by atoms with Crippen LogP contribution in [0.1, 0.15) is 60.2 Å². The number of carbonyl (C=O) groups is 1. The minimum atomic E-state index is -0.951. The summed E-state index contributed by atoms with van der Waals surface area (Å²) in [5.74, 6) is 2.31. The van der Waals surface area contributed by atoms with Crippen LogP contribution in [0.3, 0.4) is 0 Å². The van der Waals surface area contributed by atoms with Crippen LogP contribution in [0, 0.1) is 5.92 Å². The summed E-state index contributed by atoms with van der Waals surface area (Å²) in [6.45, 7) is 7.47. The summed E-state index contributed by atoms with van der Waals surface area (Å²) in [6, 6.07) is 10.6. The Kier molecular flexibility index (Phi) is 8.93. The number of hydrogen-bond donors (Lipinski definition) is 1. The third-order valence-electron chi connectivity index (χ3n) is 8.34. The van der Waals surface area contributed by atoms with Gasteiger partial charge in [-0.1, -0.05) is 23.2 Å². The lowest BCUT2D eigenvalue weighted by Crippen LogP contribution is -2.41. The van der Waals surface area contributed by atoms with Crippen molar-refractivity contribution in [3.63, 3.8) is 0 Å². The number of aromatic carboxylic acids is 1. The molecule has 1 aliphatic rings. The molecule has 44 heavy (non-hydrogen) atoms. The van der Waals surface area contributed by atoms with Gasteiger partial charge in [-0.2, -0.15) is 0 Å². The van der Waals surface area contributed by atoms with Crippen LogP contribution < -0.4 is 4.74 Å². The van der Waals surface area contributed by atoms with Crippen LogP contribution in [0.4, 0.5) is 0 Å². The second kappa shape index (κ2) is 13.0. The molecule has 0 aliphatic carbocycles. The maximum absolute atomic E-state index is 11.7. The molecule has 0 amide bonds. The van der Waals surface area contributed by atoms with Gasteiger partial charge in [-0.05, 0) is 75.5 Å². The second-order valence-electron chi connectivity index (χ2n) is 11.3. The number of rotatable bonds is 11. The number of halogens is 2. The molecule has 0 unspecified atom stereocenters. The summed E-state index contributed by atoms with van der Waals surface area (Å²) in [7, 11) is 0. The van der Waals surface area contributed by atoms with E-state index in [0.29, 0.717) is 46.7 Å². The average molecular weight is 638 g/mol. The molecule has 0 radical (unpaired) electrons. The molecular weight excluding hydrogens is 603 g/mol. The summed E-state index contributed by atoms with van der Waals surface area (Å²) in [5.41, 5.74) is 2.90. The van der Waals surface area contributed by atoms with E-state index in [9.17, 15) is 9.90 Å². The highest BCUT2D eigenvalue weighted by Gasteiger charge is 2.28. The molecule has 1 aliphatic heterocycles.